The Morgan fingerprint density at radius 1 is 1.23 bits per heavy atom. The van der Waals surface area contributed by atoms with E-state index in [9.17, 15) is 22.8 Å². The number of rotatable bonds is 3. The van der Waals surface area contributed by atoms with Crippen LogP contribution in [0.3, 0.4) is 0 Å². The number of imide groups is 1. The molecule has 1 heterocycles. The minimum Gasteiger partial charge on any atom is -0.335 e. The summed E-state index contributed by atoms with van der Waals surface area (Å²) in [7, 11) is 1.45. The number of anilines is 2. The van der Waals surface area contributed by atoms with Crippen molar-refractivity contribution in [2.24, 2.45) is 4.99 Å². The lowest BCUT2D eigenvalue weighted by Crippen LogP contribution is -2.31. The Morgan fingerprint density at radius 2 is 1.97 bits per heavy atom. The molecule has 1 fully saturated rings. The molecular formula is C20H17ClF3N3O2S. The number of hydrogen-bond donors (Lipinski definition) is 1. The van der Waals surface area contributed by atoms with E-state index >= 15 is 0 Å². The van der Waals surface area contributed by atoms with Crippen LogP contribution in [0.15, 0.2) is 47.5 Å². The number of thioether (sulfide) groups is 1. The summed E-state index contributed by atoms with van der Waals surface area (Å²) >= 11 is 7.09. The summed E-state index contributed by atoms with van der Waals surface area (Å²) in [4.78, 5) is 30.3. The molecule has 1 saturated heterocycles. The van der Waals surface area contributed by atoms with Gasteiger partial charge in [0.1, 0.15) is 5.25 Å². The number of benzene rings is 2. The van der Waals surface area contributed by atoms with Crippen molar-refractivity contribution in [3.8, 4) is 0 Å². The van der Waals surface area contributed by atoms with Crippen molar-refractivity contribution in [3.05, 3.63) is 58.6 Å². The van der Waals surface area contributed by atoms with Crippen molar-refractivity contribution >= 4 is 51.7 Å². The van der Waals surface area contributed by atoms with E-state index in [1.807, 2.05) is 6.92 Å². The molecule has 0 aromatic heterocycles. The summed E-state index contributed by atoms with van der Waals surface area (Å²) in [5, 5.41) is 2.69. The Kier molecular flexibility index (Phi) is 6.42. The van der Waals surface area contributed by atoms with Crippen LogP contribution in [0, 0.1) is 6.92 Å². The Bertz CT molecular complexity index is 1030. The van der Waals surface area contributed by atoms with Gasteiger partial charge in [0.2, 0.25) is 11.8 Å². The van der Waals surface area contributed by atoms with Crippen LogP contribution in [0.5, 0.6) is 0 Å². The van der Waals surface area contributed by atoms with Gasteiger partial charge in [-0.25, -0.2) is 4.90 Å². The molecule has 1 aliphatic rings. The van der Waals surface area contributed by atoms with E-state index in [4.69, 9.17) is 11.6 Å². The number of carbonyl (C=O) groups is 2. The van der Waals surface area contributed by atoms with Gasteiger partial charge in [0.05, 0.1) is 11.3 Å². The Morgan fingerprint density at radius 3 is 2.60 bits per heavy atom. The summed E-state index contributed by atoms with van der Waals surface area (Å²) in [6.07, 6.45) is -4.53. The summed E-state index contributed by atoms with van der Waals surface area (Å²) in [5.74, 6) is -0.816. The quantitative estimate of drug-likeness (QED) is 0.396. The van der Waals surface area contributed by atoms with Crippen LogP contribution in [0.2, 0.25) is 5.02 Å². The maximum Gasteiger partial charge on any atom is 0.416 e. The molecule has 0 saturated carbocycles. The largest absolute Gasteiger partial charge is 0.416 e. The molecule has 2 amide bonds. The van der Waals surface area contributed by atoms with Crippen molar-refractivity contribution in [2.75, 3.05) is 17.3 Å². The molecule has 10 heteroatoms. The Hall–Kier alpha value is -2.52. The van der Waals surface area contributed by atoms with E-state index in [2.05, 4.69) is 10.3 Å². The number of amidine groups is 1. The highest BCUT2D eigenvalue weighted by Crippen LogP contribution is 2.34. The average molecular weight is 456 g/mol. The number of carbonyl (C=O) groups excluding carboxylic acids is 2. The van der Waals surface area contributed by atoms with E-state index in [0.717, 1.165) is 34.4 Å². The number of hydrogen-bond acceptors (Lipinski definition) is 4. The molecule has 3 rings (SSSR count). The van der Waals surface area contributed by atoms with Gasteiger partial charge in [-0.05, 0) is 42.8 Å². The standard InChI is InChI=1S/C20H17ClF3N3O2S/c1-11-6-7-14(9-15(11)21)27-17(28)10-16(18(27)29)30-19(25-2)26-13-5-3-4-12(8-13)20(22,23)24/h3-9,16H,10H2,1-2H3,(H,25,26). The van der Waals surface area contributed by atoms with Gasteiger partial charge in [0.15, 0.2) is 5.17 Å². The van der Waals surface area contributed by atoms with E-state index in [1.54, 1.807) is 18.2 Å². The van der Waals surface area contributed by atoms with Crippen molar-refractivity contribution in [1.82, 2.24) is 0 Å². The molecule has 1 atom stereocenters. The number of nitrogens with one attached hydrogen (secondary N) is 1. The SMILES string of the molecule is CN=C(Nc1cccc(C(F)(F)F)c1)SC1CC(=O)N(c2ccc(C)c(Cl)c2)C1=O. The fourth-order valence-electron chi connectivity index (χ4n) is 2.86. The topological polar surface area (TPSA) is 61.8 Å². The first kappa shape index (κ1) is 22.2. The second kappa shape index (κ2) is 8.69. The van der Waals surface area contributed by atoms with Gasteiger partial charge < -0.3 is 5.32 Å². The molecule has 0 radical (unpaired) electrons. The molecule has 2 aromatic rings. The first-order valence-electron chi connectivity index (χ1n) is 8.81. The molecule has 0 spiro atoms. The van der Waals surface area contributed by atoms with Crippen LogP contribution in [0.25, 0.3) is 0 Å². The molecular weight excluding hydrogens is 439 g/mol. The van der Waals surface area contributed by atoms with Crippen molar-refractivity contribution < 1.29 is 22.8 Å². The van der Waals surface area contributed by atoms with Gasteiger partial charge in [-0.1, -0.05) is 35.5 Å². The molecule has 1 unspecified atom stereocenters. The first-order chi connectivity index (χ1) is 14.1. The van der Waals surface area contributed by atoms with Crippen LogP contribution >= 0.6 is 23.4 Å². The number of alkyl halides is 3. The number of aliphatic imine (C=N–C) groups is 1. The smallest absolute Gasteiger partial charge is 0.335 e. The van der Waals surface area contributed by atoms with E-state index in [1.165, 1.54) is 19.2 Å². The average Bonchev–Trinajstić information content (AvgIpc) is 2.96. The summed E-state index contributed by atoms with van der Waals surface area (Å²) in [6, 6.07) is 9.56. The van der Waals surface area contributed by atoms with E-state index < -0.39 is 22.9 Å². The van der Waals surface area contributed by atoms with Gasteiger partial charge in [0.25, 0.3) is 0 Å². The number of nitrogens with zero attached hydrogens (tertiary/aromatic N) is 2. The zero-order valence-corrected chi connectivity index (χ0v) is 17.5. The zero-order chi connectivity index (χ0) is 22.1. The minimum absolute atomic E-state index is 0.0573. The second-order valence-corrected chi connectivity index (χ2v) is 8.14. The van der Waals surface area contributed by atoms with Crippen LogP contribution in [-0.2, 0) is 15.8 Å². The predicted octanol–water partition coefficient (Wildman–Crippen LogP) is 5.13. The summed E-state index contributed by atoms with van der Waals surface area (Å²) in [6.45, 7) is 1.81. The van der Waals surface area contributed by atoms with Crippen molar-refractivity contribution in [2.45, 2.75) is 24.8 Å². The summed E-state index contributed by atoms with van der Waals surface area (Å²) in [5.41, 5.74) is 0.569. The van der Waals surface area contributed by atoms with Crippen LogP contribution in [0.1, 0.15) is 17.5 Å². The van der Waals surface area contributed by atoms with Gasteiger partial charge in [-0.2, -0.15) is 13.2 Å². The highest BCUT2D eigenvalue weighted by atomic mass is 35.5. The van der Waals surface area contributed by atoms with Crippen molar-refractivity contribution in [1.29, 1.82) is 0 Å². The number of amides is 2. The summed E-state index contributed by atoms with van der Waals surface area (Å²) < 4.78 is 38.7. The Balaban J connectivity index is 1.74. The molecule has 1 N–H and O–H groups in total. The highest BCUT2D eigenvalue weighted by Gasteiger charge is 2.41. The van der Waals surface area contributed by atoms with Crippen LogP contribution in [-0.4, -0.2) is 29.3 Å². The predicted molar refractivity (Wildman–Crippen MR) is 113 cm³/mol. The highest BCUT2D eigenvalue weighted by molar-refractivity contribution is 8.15. The van der Waals surface area contributed by atoms with Gasteiger partial charge in [0, 0.05) is 24.2 Å². The van der Waals surface area contributed by atoms with Gasteiger partial charge in [-0.15, -0.1) is 0 Å². The van der Waals surface area contributed by atoms with Crippen molar-refractivity contribution in [3.63, 3.8) is 0 Å². The minimum atomic E-state index is -4.47. The van der Waals surface area contributed by atoms with Gasteiger partial charge in [-0.3, -0.25) is 14.6 Å². The maximum atomic E-state index is 12.9. The van der Waals surface area contributed by atoms with E-state index in [-0.39, 0.29) is 23.2 Å². The number of halogens is 4. The van der Waals surface area contributed by atoms with Gasteiger partial charge >= 0.3 is 6.18 Å². The first-order valence-corrected chi connectivity index (χ1v) is 10.1. The van der Waals surface area contributed by atoms with E-state index in [0.29, 0.717) is 10.7 Å². The fourth-order valence-corrected chi connectivity index (χ4v) is 4.02. The molecule has 2 aromatic carbocycles. The molecule has 5 nitrogen and oxygen atoms in total. The maximum absolute atomic E-state index is 12.9. The third-order valence-corrected chi connectivity index (χ3v) is 5.98. The third-order valence-electron chi connectivity index (χ3n) is 4.42. The molecule has 1 aliphatic heterocycles. The lowest BCUT2D eigenvalue weighted by molar-refractivity contribution is -0.137. The monoisotopic (exact) mass is 455 g/mol. The lowest BCUT2D eigenvalue weighted by atomic mass is 10.2. The number of aryl methyl sites for hydroxylation is 1. The molecule has 30 heavy (non-hydrogen) atoms. The third kappa shape index (κ3) is 4.79. The molecule has 158 valence electrons. The second-order valence-electron chi connectivity index (χ2n) is 6.54. The molecule has 0 aliphatic carbocycles. The Labute approximate surface area is 180 Å². The van der Waals surface area contributed by atoms with Crippen LogP contribution in [0.4, 0.5) is 24.5 Å². The lowest BCUT2D eigenvalue weighted by Gasteiger charge is -2.16. The normalized spacial score (nSPS) is 17.6. The zero-order valence-electron chi connectivity index (χ0n) is 16.0. The fraction of sp³-hybridized carbons (Fsp3) is 0.250. The molecule has 0 bridgehead atoms. The van der Waals surface area contributed by atoms with Crippen LogP contribution < -0.4 is 10.2 Å².